The van der Waals surface area contributed by atoms with Gasteiger partial charge in [-0.3, -0.25) is 4.79 Å². The topological polar surface area (TPSA) is 58.4 Å². The molecule has 1 heterocycles. The third-order valence-electron chi connectivity index (χ3n) is 4.55. The molecule has 1 aromatic rings. The molecule has 0 aromatic heterocycles. The van der Waals surface area contributed by atoms with Gasteiger partial charge >= 0.3 is 0 Å². The quantitative estimate of drug-likeness (QED) is 0.895. The van der Waals surface area contributed by atoms with Crippen molar-refractivity contribution in [2.24, 2.45) is 5.73 Å². The van der Waals surface area contributed by atoms with E-state index in [9.17, 15) is 4.79 Å². The number of amides is 1. The summed E-state index contributed by atoms with van der Waals surface area (Å²) in [5, 5.41) is 3.10. The van der Waals surface area contributed by atoms with E-state index in [0.29, 0.717) is 6.54 Å². The van der Waals surface area contributed by atoms with Gasteiger partial charge in [-0.05, 0) is 36.8 Å². The molecular formula is C18H25N3O. The Balaban J connectivity index is 1.65. The van der Waals surface area contributed by atoms with Gasteiger partial charge in [-0.2, -0.15) is 0 Å². The first kappa shape index (κ1) is 15.1. The van der Waals surface area contributed by atoms with Gasteiger partial charge in [-0.1, -0.05) is 36.8 Å². The maximum Gasteiger partial charge on any atom is 0.239 e. The van der Waals surface area contributed by atoms with E-state index in [4.69, 9.17) is 5.73 Å². The molecule has 3 N–H and O–H groups in total. The van der Waals surface area contributed by atoms with Crippen LogP contribution in [0.2, 0.25) is 0 Å². The van der Waals surface area contributed by atoms with Crippen LogP contribution in [-0.2, 0) is 11.2 Å². The number of hydrogen-bond acceptors (Lipinski definition) is 3. The lowest BCUT2D eigenvalue weighted by atomic mass is 9.91. The number of nitrogens with two attached hydrogens (primary N) is 1. The first-order valence-corrected chi connectivity index (χ1v) is 8.24. The molecule has 4 nitrogen and oxygen atoms in total. The molecule has 2 aliphatic rings. The monoisotopic (exact) mass is 299 g/mol. The molecule has 1 saturated carbocycles. The maximum atomic E-state index is 12.0. The van der Waals surface area contributed by atoms with Crippen LogP contribution in [0.15, 0.2) is 42.1 Å². The van der Waals surface area contributed by atoms with Gasteiger partial charge in [-0.25, -0.2) is 0 Å². The molecule has 118 valence electrons. The molecule has 2 fully saturated rings. The number of carbonyl (C=O) groups excluding carboxylic acids is 1. The van der Waals surface area contributed by atoms with Crippen LogP contribution < -0.4 is 11.1 Å². The first-order valence-electron chi connectivity index (χ1n) is 8.24. The number of nitrogens with one attached hydrogen (secondary N) is 1. The fourth-order valence-corrected chi connectivity index (χ4v) is 3.42. The van der Waals surface area contributed by atoms with Crippen molar-refractivity contribution in [3.63, 3.8) is 0 Å². The third-order valence-corrected chi connectivity index (χ3v) is 4.55. The average Bonchev–Trinajstić information content (AvgIpc) is 2.50. The molecule has 1 saturated heterocycles. The van der Waals surface area contributed by atoms with Gasteiger partial charge in [0, 0.05) is 18.8 Å². The molecule has 0 unspecified atom stereocenters. The van der Waals surface area contributed by atoms with Crippen molar-refractivity contribution in [3.05, 3.63) is 47.7 Å². The summed E-state index contributed by atoms with van der Waals surface area (Å²) in [5.74, 6) is 0.105. The highest BCUT2D eigenvalue weighted by molar-refractivity contribution is 5.79. The molecule has 22 heavy (non-hydrogen) atoms. The smallest absolute Gasteiger partial charge is 0.239 e. The molecule has 3 rings (SSSR count). The summed E-state index contributed by atoms with van der Waals surface area (Å²) in [6, 6.07) is 10.7. The summed E-state index contributed by atoms with van der Waals surface area (Å²) in [7, 11) is 0. The number of benzene rings is 1. The molecule has 2 atom stereocenters. The highest BCUT2D eigenvalue weighted by Gasteiger charge is 2.24. The predicted octanol–water partition coefficient (Wildman–Crippen LogP) is 1.81. The lowest BCUT2D eigenvalue weighted by molar-refractivity contribution is -0.124. The van der Waals surface area contributed by atoms with Gasteiger partial charge < -0.3 is 16.0 Å². The normalized spacial score (nSPS) is 27.8. The number of carbonyl (C=O) groups is 1. The van der Waals surface area contributed by atoms with E-state index < -0.39 is 0 Å². The number of piperazine rings is 1. The van der Waals surface area contributed by atoms with Crippen LogP contribution in [0.5, 0.6) is 0 Å². The van der Waals surface area contributed by atoms with E-state index in [-0.39, 0.29) is 18.0 Å². The molecule has 1 aliphatic heterocycles. The largest absolute Gasteiger partial charge is 0.366 e. The Bertz CT molecular complexity index is 541. The lowest BCUT2D eigenvalue weighted by Crippen LogP contribution is -2.53. The van der Waals surface area contributed by atoms with Crippen LogP contribution >= 0.6 is 0 Å². The summed E-state index contributed by atoms with van der Waals surface area (Å²) in [5.41, 5.74) is 8.76. The van der Waals surface area contributed by atoms with Crippen molar-refractivity contribution in [3.8, 4) is 0 Å². The van der Waals surface area contributed by atoms with Crippen molar-refractivity contribution >= 4 is 5.91 Å². The molecule has 4 heteroatoms. The number of hydrogen-bond donors (Lipinski definition) is 2. The van der Waals surface area contributed by atoms with Gasteiger partial charge in [0.2, 0.25) is 5.91 Å². The van der Waals surface area contributed by atoms with E-state index >= 15 is 0 Å². The van der Waals surface area contributed by atoms with E-state index in [1.807, 2.05) is 18.2 Å². The Morgan fingerprint density at radius 2 is 2.09 bits per heavy atom. The molecule has 1 amide bonds. The third kappa shape index (κ3) is 3.89. The second-order valence-corrected chi connectivity index (χ2v) is 6.44. The fraction of sp³-hybridized carbons (Fsp3) is 0.500. The van der Waals surface area contributed by atoms with Gasteiger partial charge in [-0.15, -0.1) is 0 Å². The molecule has 1 aliphatic carbocycles. The molecule has 1 aromatic carbocycles. The second-order valence-electron chi connectivity index (χ2n) is 6.44. The summed E-state index contributed by atoms with van der Waals surface area (Å²) in [6.07, 6.45) is 7.60. The van der Waals surface area contributed by atoms with E-state index in [1.165, 1.54) is 24.0 Å². The van der Waals surface area contributed by atoms with Crippen LogP contribution in [0.3, 0.4) is 0 Å². The zero-order valence-electron chi connectivity index (χ0n) is 13.0. The SMILES string of the molecule is N[C@@H]1CCCC/C1=C/N1CC(=O)N[C@@H](Cc2ccccc2)C1. The van der Waals surface area contributed by atoms with Gasteiger partial charge in [0.1, 0.15) is 0 Å². The van der Waals surface area contributed by atoms with E-state index in [2.05, 4.69) is 28.5 Å². The van der Waals surface area contributed by atoms with Crippen molar-refractivity contribution < 1.29 is 4.79 Å². The van der Waals surface area contributed by atoms with E-state index in [0.717, 1.165) is 25.8 Å². The maximum absolute atomic E-state index is 12.0. The Morgan fingerprint density at radius 1 is 1.27 bits per heavy atom. The van der Waals surface area contributed by atoms with Crippen molar-refractivity contribution in [1.82, 2.24) is 10.2 Å². The summed E-state index contributed by atoms with van der Waals surface area (Å²) < 4.78 is 0. The standard InChI is InChI=1S/C18H25N3O/c19-17-9-5-4-8-15(17)11-21-12-16(20-18(22)13-21)10-14-6-2-1-3-7-14/h1-3,6-7,11,16-17H,4-5,8-10,12-13,19H2,(H,20,22)/b15-11-/t16-,17+/m0/s1. The van der Waals surface area contributed by atoms with Crippen LogP contribution in [0.4, 0.5) is 0 Å². The molecule has 0 bridgehead atoms. The highest BCUT2D eigenvalue weighted by atomic mass is 16.2. The predicted molar refractivity (Wildman–Crippen MR) is 88.2 cm³/mol. The molecular weight excluding hydrogens is 274 g/mol. The Kier molecular flexibility index (Phi) is 4.78. The van der Waals surface area contributed by atoms with Gasteiger partial charge in [0.15, 0.2) is 0 Å². The van der Waals surface area contributed by atoms with Crippen molar-refractivity contribution in [2.75, 3.05) is 13.1 Å². The summed E-state index contributed by atoms with van der Waals surface area (Å²) in [4.78, 5) is 14.1. The van der Waals surface area contributed by atoms with Crippen molar-refractivity contribution in [1.29, 1.82) is 0 Å². The Hall–Kier alpha value is -1.81. The Labute approximate surface area is 132 Å². The number of rotatable bonds is 3. The minimum Gasteiger partial charge on any atom is -0.366 e. The molecule has 0 radical (unpaired) electrons. The molecule has 0 spiro atoms. The number of nitrogens with zero attached hydrogens (tertiary/aromatic N) is 1. The summed E-state index contributed by atoms with van der Waals surface area (Å²) in [6.45, 7) is 1.30. The minimum atomic E-state index is 0.105. The van der Waals surface area contributed by atoms with Gasteiger partial charge in [0.25, 0.3) is 0 Å². The minimum absolute atomic E-state index is 0.105. The van der Waals surface area contributed by atoms with Crippen molar-refractivity contribution in [2.45, 2.75) is 44.2 Å². The van der Waals surface area contributed by atoms with Gasteiger partial charge in [0.05, 0.1) is 12.6 Å². The van der Waals surface area contributed by atoms with Crippen LogP contribution in [0, 0.1) is 0 Å². The highest BCUT2D eigenvalue weighted by Crippen LogP contribution is 2.23. The summed E-state index contributed by atoms with van der Waals surface area (Å²) >= 11 is 0. The van der Waals surface area contributed by atoms with Crippen LogP contribution in [0.25, 0.3) is 0 Å². The van der Waals surface area contributed by atoms with E-state index in [1.54, 1.807) is 0 Å². The Morgan fingerprint density at radius 3 is 2.86 bits per heavy atom. The zero-order chi connectivity index (χ0) is 15.4. The lowest BCUT2D eigenvalue weighted by Gasteiger charge is -2.34. The zero-order valence-corrected chi connectivity index (χ0v) is 13.0. The average molecular weight is 299 g/mol. The first-order chi connectivity index (χ1) is 10.7. The van der Waals surface area contributed by atoms with Crippen LogP contribution in [0.1, 0.15) is 31.2 Å². The second kappa shape index (κ2) is 6.97. The van der Waals surface area contributed by atoms with Crippen LogP contribution in [-0.4, -0.2) is 36.0 Å². The fourth-order valence-electron chi connectivity index (χ4n) is 3.42.